The van der Waals surface area contributed by atoms with Crippen LogP contribution in [0.15, 0.2) is 40.9 Å². The highest BCUT2D eigenvalue weighted by Crippen LogP contribution is 2.20. The van der Waals surface area contributed by atoms with Crippen LogP contribution in [0, 0.1) is 18.6 Å². The van der Waals surface area contributed by atoms with Gasteiger partial charge in [-0.05, 0) is 42.8 Å². The van der Waals surface area contributed by atoms with E-state index in [1.807, 2.05) is 13.0 Å². The number of benzene rings is 2. The molecule has 2 aromatic rings. The Morgan fingerprint density at radius 1 is 1.09 bits per heavy atom. The average Bonchev–Trinajstić information content (AvgIpc) is 2.51. The summed E-state index contributed by atoms with van der Waals surface area (Å²) in [4.78, 5) is 23.6. The molecular formula is C16H13BrF2N2O2. The molecule has 0 unspecified atom stereocenters. The quantitative estimate of drug-likeness (QED) is 0.851. The van der Waals surface area contributed by atoms with Crippen LogP contribution < -0.4 is 10.6 Å². The molecule has 0 atom stereocenters. The zero-order valence-electron chi connectivity index (χ0n) is 12.1. The first kappa shape index (κ1) is 17.1. The lowest BCUT2D eigenvalue weighted by Crippen LogP contribution is -2.32. The summed E-state index contributed by atoms with van der Waals surface area (Å²) in [6.45, 7) is 1.63. The maximum absolute atomic E-state index is 13.1. The van der Waals surface area contributed by atoms with Crippen molar-refractivity contribution in [3.8, 4) is 0 Å². The van der Waals surface area contributed by atoms with E-state index >= 15 is 0 Å². The van der Waals surface area contributed by atoms with Gasteiger partial charge in [-0.2, -0.15) is 0 Å². The van der Waals surface area contributed by atoms with E-state index in [9.17, 15) is 18.4 Å². The topological polar surface area (TPSA) is 58.2 Å². The highest BCUT2D eigenvalue weighted by Gasteiger charge is 2.11. The summed E-state index contributed by atoms with van der Waals surface area (Å²) in [5, 5.41) is 4.96. The van der Waals surface area contributed by atoms with Crippen molar-refractivity contribution >= 4 is 33.4 Å². The number of hydrogen-bond acceptors (Lipinski definition) is 2. The van der Waals surface area contributed by atoms with E-state index in [4.69, 9.17) is 0 Å². The Morgan fingerprint density at radius 2 is 1.83 bits per heavy atom. The summed E-state index contributed by atoms with van der Waals surface area (Å²) in [7, 11) is 0. The van der Waals surface area contributed by atoms with Gasteiger partial charge in [0.15, 0.2) is 11.6 Å². The Labute approximate surface area is 140 Å². The van der Waals surface area contributed by atoms with Crippen molar-refractivity contribution in [2.45, 2.75) is 6.92 Å². The highest BCUT2D eigenvalue weighted by atomic mass is 79.9. The third kappa shape index (κ3) is 4.59. The molecule has 0 aliphatic rings. The fourth-order valence-electron chi connectivity index (χ4n) is 1.78. The SMILES string of the molecule is Cc1ccc(NC(=O)CNC(=O)c2ccc(F)c(F)c2)cc1Br. The second kappa shape index (κ2) is 7.32. The first-order chi connectivity index (χ1) is 10.9. The van der Waals surface area contributed by atoms with Gasteiger partial charge in [0.2, 0.25) is 5.91 Å². The van der Waals surface area contributed by atoms with E-state index in [1.54, 1.807) is 12.1 Å². The molecule has 0 radical (unpaired) electrons. The first-order valence-electron chi connectivity index (χ1n) is 6.66. The molecule has 0 bridgehead atoms. The molecule has 0 aliphatic heterocycles. The van der Waals surface area contributed by atoms with Crippen molar-refractivity contribution in [2.75, 3.05) is 11.9 Å². The third-order valence-electron chi connectivity index (χ3n) is 3.05. The van der Waals surface area contributed by atoms with Crippen molar-refractivity contribution < 1.29 is 18.4 Å². The second-order valence-corrected chi connectivity index (χ2v) is 5.68. The van der Waals surface area contributed by atoms with Crippen molar-refractivity contribution in [2.24, 2.45) is 0 Å². The predicted octanol–water partition coefficient (Wildman–Crippen LogP) is 3.40. The zero-order valence-corrected chi connectivity index (χ0v) is 13.7. The molecule has 0 saturated heterocycles. The van der Waals surface area contributed by atoms with Gasteiger partial charge in [-0.3, -0.25) is 9.59 Å². The largest absolute Gasteiger partial charge is 0.343 e. The highest BCUT2D eigenvalue weighted by molar-refractivity contribution is 9.10. The van der Waals surface area contributed by atoms with Gasteiger partial charge in [-0.1, -0.05) is 22.0 Å². The minimum atomic E-state index is -1.12. The maximum atomic E-state index is 13.1. The molecule has 0 spiro atoms. The lowest BCUT2D eigenvalue weighted by Gasteiger charge is -2.08. The van der Waals surface area contributed by atoms with Crippen LogP contribution in [0.3, 0.4) is 0 Å². The van der Waals surface area contributed by atoms with Crippen LogP contribution in [-0.2, 0) is 4.79 Å². The van der Waals surface area contributed by atoms with Crippen molar-refractivity contribution in [3.05, 3.63) is 63.6 Å². The Hall–Kier alpha value is -2.28. The van der Waals surface area contributed by atoms with E-state index in [-0.39, 0.29) is 12.1 Å². The first-order valence-corrected chi connectivity index (χ1v) is 7.45. The van der Waals surface area contributed by atoms with Gasteiger partial charge in [0.05, 0.1) is 6.54 Å². The molecule has 2 rings (SSSR count). The molecule has 23 heavy (non-hydrogen) atoms. The minimum absolute atomic E-state index is 0.0604. The van der Waals surface area contributed by atoms with Gasteiger partial charge in [0, 0.05) is 15.7 Å². The number of halogens is 3. The van der Waals surface area contributed by atoms with Crippen LogP contribution in [0.5, 0.6) is 0 Å². The predicted molar refractivity (Wildman–Crippen MR) is 86.2 cm³/mol. The van der Waals surface area contributed by atoms with Gasteiger partial charge in [0.1, 0.15) is 0 Å². The summed E-state index contributed by atoms with van der Waals surface area (Å²) in [5.74, 6) is -3.25. The molecule has 4 nitrogen and oxygen atoms in total. The van der Waals surface area contributed by atoms with Crippen molar-refractivity contribution in [3.63, 3.8) is 0 Å². The molecule has 2 N–H and O–H groups in total. The lowest BCUT2D eigenvalue weighted by molar-refractivity contribution is -0.115. The van der Waals surface area contributed by atoms with Gasteiger partial charge in [0.25, 0.3) is 5.91 Å². The maximum Gasteiger partial charge on any atom is 0.251 e. The second-order valence-electron chi connectivity index (χ2n) is 4.82. The van der Waals surface area contributed by atoms with E-state index in [2.05, 4.69) is 26.6 Å². The van der Waals surface area contributed by atoms with Crippen molar-refractivity contribution in [1.29, 1.82) is 0 Å². The molecule has 0 fully saturated rings. The molecule has 0 aromatic heterocycles. The number of carbonyl (C=O) groups is 2. The molecule has 2 amide bonds. The fraction of sp³-hybridized carbons (Fsp3) is 0.125. The molecule has 7 heteroatoms. The molecule has 120 valence electrons. The van der Waals surface area contributed by atoms with Crippen LogP contribution in [0.4, 0.5) is 14.5 Å². The summed E-state index contributed by atoms with van der Waals surface area (Å²) < 4.78 is 26.7. The Balaban J connectivity index is 1.91. The van der Waals surface area contributed by atoms with Crippen LogP contribution in [0.25, 0.3) is 0 Å². The summed E-state index contributed by atoms with van der Waals surface area (Å²) in [6, 6.07) is 8.08. The van der Waals surface area contributed by atoms with Gasteiger partial charge < -0.3 is 10.6 Å². The third-order valence-corrected chi connectivity index (χ3v) is 3.90. The van der Waals surface area contributed by atoms with Gasteiger partial charge in [-0.15, -0.1) is 0 Å². The average molecular weight is 383 g/mol. The molecular weight excluding hydrogens is 370 g/mol. The molecule has 0 heterocycles. The number of nitrogens with one attached hydrogen (secondary N) is 2. The molecule has 0 aliphatic carbocycles. The number of hydrogen-bond donors (Lipinski definition) is 2. The van der Waals surface area contributed by atoms with E-state index in [0.29, 0.717) is 5.69 Å². The Bertz CT molecular complexity index is 766. The normalized spacial score (nSPS) is 10.3. The van der Waals surface area contributed by atoms with Crippen molar-refractivity contribution in [1.82, 2.24) is 5.32 Å². The smallest absolute Gasteiger partial charge is 0.251 e. The number of anilines is 1. The summed E-state index contributed by atoms with van der Waals surface area (Å²) >= 11 is 3.35. The Kier molecular flexibility index (Phi) is 5.44. The van der Waals surface area contributed by atoms with Gasteiger partial charge in [-0.25, -0.2) is 8.78 Å². The molecule has 0 saturated carbocycles. The van der Waals surface area contributed by atoms with Crippen LogP contribution >= 0.6 is 15.9 Å². The van der Waals surface area contributed by atoms with Crippen LogP contribution in [-0.4, -0.2) is 18.4 Å². The van der Waals surface area contributed by atoms with Crippen LogP contribution in [0.1, 0.15) is 15.9 Å². The van der Waals surface area contributed by atoms with Crippen LogP contribution in [0.2, 0.25) is 0 Å². The number of amides is 2. The zero-order chi connectivity index (χ0) is 17.0. The van der Waals surface area contributed by atoms with Gasteiger partial charge >= 0.3 is 0 Å². The monoisotopic (exact) mass is 382 g/mol. The standard InChI is InChI=1S/C16H13BrF2N2O2/c1-9-2-4-11(7-12(9)17)21-15(22)8-20-16(23)10-3-5-13(18)14(19)6-10/h2-7H,8H2,1H3,(H,20,23)(H,21,22). The van der Waals surface area contributed by atoms with E-state index in [0.717, 1.165) is 28.2 Å². The van der Waals surface area contributed by atoms with E-state index in [1.165, 1.54) is 0 Å². The summed E-state index contributed by atoms with van der Waals surface area (Å²) in [5.41, 5.74) is 1.54. The lowest BCUT2D eigenvalue weighted by atomic mass is 10.2. The minimum Gasteiger partial charge on any atom is -0.343 e. The number of carbonyl (C=O) groups excluding carboxylic acids is 2. The molecule has 2 aromatic carbocycles. The number of aryl methyl sites for hydroxylation is 1. The summed E-state index contributed by atoms with van der Waals surface area (Å²) in [6.07, 6.45) is 0. The Morgan fingerprint density at radius 3 is 2.48 bits per heavy atom. The van der Waals surface area contributed by atoms with E-state index < -0.39 is 23.4 Å². The fourth-order valence-corrected chi connectivity index (χ4v) is 2.15. The number of rotatable bonds is 4.